The maximum atomic E-state index is 13.5. The van der Waals surface area contributed by atoms with Gasteiger partial charge >= 0.3 is 0 Å². The maximum absolute atomic E-state index is 13.5. The van der Waals surface area contributed by atoms with E-state index in [1.807, 2.05) is 0 Å². The molecule has 3 nitrogen and oxygen atoms in total. The van der Waals surface area contributed by atoms with Gasteiger partial charge in [-0.15, -0.1) is 0 Å². The second-order valence-corrected chi connectivity index (χ2v) is 4.49. The lowest BCUT2D eigenvalue weighted by Gasteiger charge is -2.28. The van der Waals surface area contributed by atoms with Crippen molar-refractivity contribution in [1.29, 1.82) is 0 Å². The van der Waals surface area contributed by atoms with Crippen LogP contribution in [0, 0.1) is 11.6 Å². The number of anilines is 1. The molecule has 94 valence electrons. The lowest BCUT2D eigenvalue weighted by molar-refractivity contribution is 0.401. The normalized spacial score (nSPS) is 20.3. The Bertz CT molecular complexity index is 378. The Morgan fingerprint density at radius 3 is 2.94 bits per heavy atom. The van der Waals surface area contributed by atoms with E-state index >= 15 is 0 Å². The number of halogens is 2. The van der Waals surface area contributed by atoms with Crippen molar-refractivity contribution in [3.8, 4) is 0 Å². The molecule has 2 heterocycles. The fourth-order valence-corrected chi connectivity index (χ4v) is 2.19. The van der Waals surface area contributed by atoms with E-state index < -0.39 is 11.6 Å². The summed E-state index contributed by atoms with van der Waals surface area (Å²) in [6, 6.07) is 1.23. The molecule has 5 heteroatoms. The number of piperidine rings is 1. The van der Waals surface area contributed by atoms with E-state index in [2.05, 4.69) is 10.3 Å². The first-order valence-corrected chi connectivity index (χ1v) is 5.92. The summed E-state index contributed by atoms with van der Waals surface area (Å²) in [6.45, 7) is 1.70. The Morgan fingerprint density at radius 1 is 1.47 bits per heavy atom. The first kappa shape index (κ1) is 12.2. The molecule has 1 N–H and O–H groups in total. The first-order chi connectivity index (χ1) is 8.16. The molecular weight excluding hydrogens is 224 g/mol. The van der Waals surface area contributed by atoms with E-state index in [4.69, 9.17) is 0 Å². The van der Waals surface area contributed by atoms with Crippen LogP contribution >= 0.6 is 0 Å². The molecule has 0 radical (unpaired) electrons. The third-order valence-electron chi connectivity index (χ3n) is 3.06. The number of aromatic nitrogens is 1. The van der Waals surface area contributed by atoms with E-state index in [1.165, 1.54) is 12.8 Å². The van der Waals surface area contributed by atoms with Gasteiger partial charge in [-0.25, -0.2) is 13.8 Å². The number of rotatable bonds is 3. The van der Waals surface area contributed by atoms with Gasteiger partial charge in [0.1, 0.15) is 5.82 Å². The molecule has 1 aliphatic heterocycles. The van der Waals surface area contributed by atoms with Crippen LogP contribution in [0.15, 0.2) is 12.3 Å². The molecule has 1 unspecified atom stereocenters. The molecule has 1 aromatic heterocycles. The summed E-state index contributed by atoms with van der Waals surface area (Å²) < 4.78 is 26.2. The summed E-state index contributed by atoms with van der Waals surface area (Å²) in [4.78, 5) is 5.53. The number of likely N-dealkylation sites (N-methyl/N-ethyl adjacent to an activating group) is 1. The van der Waals surface area contributed by atoms with E-state index in [1.54, 1.807) is 11.9 Å². The van der Waals surface area contributed by atoms with Crippen molar-refractivity contribution in [1.82, 2.24) is 10.3 Å². The van der Waals surface area contributed by atoms with Crippen LogP contribution in [0.4, 0.5) is 14.6 Å². The smallest absolute Gasteiger partial charge is 0.168 e. The lowest BCUT2D eigenvalue weighted by Crippen LogP contribution is -2.42. The molecule has 0 aromatic carbocycles. The van der Waals surface area contributed by atoms with Crippen molar-refractivity contribution in [2.45, 2.75) is 25.3 Å². The van der Waals surface area contributed by atoms with Crippen molar-refractivity contribution in [2.24, 2.45) is 0 Å². The predicted molar refractivity (Wildman–Crippen MR) is 63.1 cm³/mol. The molecule has 1 saturated heterocycles. The van der Waals surface area contributed by atoms with Gasteiger partial charge in [0.2, 0.25) is 0 Å². The highest BCUT2D eigenvalue weighted by atomic mass is 19.1. The third-order valence-corrected chi connectivity index (χ3v) is 3.06. The number of pyridine rings is 1. The number of hydrogen-bond donors (Lipinski definition) is 1. The minimum Gasteiger partial charge on any atom is -0.356 e. The van der Waals surface area contributed by atoms with Crippen LogP contribution in [0.5, 0.6) is 0 Å². The molecule has 2 rings (SSSR count). The SMILES string of the molecule is CN(CC1CCCCN1)c1ncc(F)cc1F. The molecular formula is C12H17F2N3. The van der Waals surface area contributed by atoms with Gasteiger partial charge in [0.25, 0.3) is 0 Å². The standard InChI is InChI=1S/C12H17F2N3/c1-17(8-10-4-2-3-5-15-10)12-11(14)6-9(13)7-16-12/h6-7,10,15H,2-5,8H2,1H3. The molecule has 0 aliphatic carbocycles. The molecule has 1 aliphatic rings. The molecule has 1 aromatic rings. The summed E-state index contributed by atoms with van der Waals surface area (Å²) in [5.74, 6) is -1.04. The molecule has 17 heavy (non-hydrogen) atoms. The van der Waals surface area contributed by atoms with E-state index in [-0.39, 0.29) is 5.82 Å². The second kappa shape index (κ2) is 5.40. The minimum atomic E-state index is -0.643. The number of hydrogen-bond acceptors (Lipinski definition) is 3. The van der Waals surface area contributed by atoms with E-state index in [9.17, 15) is 8.78 Å². The highest BCUT2D eigenvalue weighted by Gasteiger charge is 2.17. The van der Waals surface area contributed by atoms with Crippen molar-refractivity contribution < 1.29 is 8.78 Å². The number of nitrogens with one attached hydrogen (secondary N) is 1. The monoisotopic (exact) mass is 241 g/mol. The summed E-state index contributed by atoms with van der Waals surface area (Å²) >= 11 is 0. The van der Waals surface area contributed by atoms with Gasteiger partial charge in [-0.1, -0.05) is 6.42 Å². The average Bonchev–Trinajstić information content (AvgIpc) is 2.30. The van der Waals surface area contributed by atoms with Crippen LogP contribution in [0.3, 0.4) is 0 Å². The molecule has 0 amide bonds. The number of nitrogens with zero attached hydrogens (tertiary/aromatic N) is 2. The Labute approximate surface area is 99.8 Å². The topological polar surface area (TPSA) is 28.2 Å². The predicted octanol–water partition coefficient (Wildman–Crippen LogP) is 1.94. The molecule has 1 fully saturated rings. The van der Waals surface area contributed by atoms with Crippen LogP contribution in [-0.4, -0.2) is 31.2 Å². The fraction of sp³-hybridized carbons (Fsp3) is 0.583. The highest BCUT2D eigenvalue weighted by Crippen LogP contribution is 2.17. The maximum Gasteiger partial charge on any atom is 0.168 e. The van der Waals surface area contributed by atoms with Crippen molar-refractivity contribution in [3.63, 3.8) is 0 Å². The van der Waals surface area contributed by atoms with Crippen molar-refractivity contribution in [2.75, 3.05) is 25.0 Å². The lowest BCUT2D eigenvalue weighted by atomic mass is 10.0. The molecule has 1 atom stereocenters. The van der Waals surface area contributed by atoms with Crippen molar-refractivity contribution in [3.05, 3.63) is 23.9 Å². The highest BCUT2D eigenvalue weighted by molar-refractivity contribution is 5.38. The summed E-state index contributed by atoms with van der Waals surface area (Å²) in [7, 11) is 1.78. The van der Waals surface area contributed by atoms with Crippen molar-refractivity contribution >= 4 is 5.82 Å². The fourth-order valence-electron chi connectivity index (χ4n) is 2.19. The zero-order valence-corrected chi connectivity index (χ0v) is 9.92. The Morgan fingerprint density at radius 2 is 2.29 bits per heavy atom. The summed E-state index contributed by atoms with van der Waals surface area (Å²) in [6.07, 6.45) is 4.53. The Hall–Kier alpha value is -1.23. The molecule has 0 saturated carbocycles. The van der Waals surface area contributed by atoms with Gasteiger partial charge in [0, 0.05) is 25.7 Å². The third kappa shape index (κ3) is 3.12. The van der Waals surface area contributed by atoms with Gasteiger partial charge in [-0.3, -0.25) is 0 Å². The first-order valence-electron chi connectivity index (χ1n) is 5.92. The van der Waals surface area contributed by atoms with Crippen LogP contribution in [0.2, 0.25) is 0 Å². The summed E-state index contributed by atoms with van der Waals surface area (Å²) in [5, 5.41) is 3.38. The van der Waals surface area contributed by atoms with Gasteiger partial charge < -0.3 is 10.2 Å². The Kier molecular flexibility index (Phi) is 3.89. The minimum absolute atomic E-state index is 0.207. The van der Waals surface area contributed by atoms with Crippen LogP contribution in [0.25, 0.3) is 0 Å². The average molecular weight is 241 g/mol. The van der Waals surface area contributed by atoms with E-state index in [0.29, 0.717) is 12.6 Å². The Balaban J connectivity index is 2.00. The van der Waals surface area contributed by atoms with Gasteiger partial charge in [-0.05, 0) is 19.4 Å². The zero-order valence-electron chi connectivity index (χ0n) is 9.92. The quantitative estimate of drug-likeness (QED) is 0.876. The largest absolute Gasteiger partial charge is 0.356 e. The van der Waals surface area contributed by atoms with Crippen LogP contribution < -0.4 is 10.2 Å². The van der Waals surface area contributed by atoms with Crippen LogP contribution in [0.1, 0.15) is 19.3 Å². The van der Waals surface area contributed by atoms with E-state index in [0.717, 1.165) is 25.2 Å². The molecule has 0 spiro atoms. The van der Waals surface area contributed by atoms with Gasteiger partial charge in [-0.2, -0.15) is 0 Å². The van der Waals surface area contributed by atoms with Gasteiger partial charge in [0.05, 0.1) is 6.20 Å². The molecule has 0 bridgehead atoms. The van der Waals surface area contributed by atoms with Gasteiger partial charge in [0.15, 0.2) is 11.6 Å². The zero-order chi connectivity index (χ0) is 12.3. The van der Waals surface area contributed by atoms with Crippen LogP contribution in [-0.2, 0) is 0 Å². The second-order valence-electron chi connectivity index (χ2n) is 4.49. The summed E-state index contributed by atoms with van der Waals surface area (Å²) in [5.41, 5.74) is 0.